The maximum absolute atomic E-state index is 12.0. The molecule has 0 bridgehead atoms. The van der Waals surface area contributed by atoms with E-state index in [4.69, 9.17) is 18.9 Å². The van der Waals surface area contributed by atoms with Crippen LogP contribution in [0.4, 0.5) is 11.4 Å². The Morgan fingerprint density at radius 1 is 0.611 bits per heavy atom. The van der Waals surface area contributed by atoms with E-state index in [-0.39, 0.29) is 46.1 Å². The van der Waals surface area contributed by atoms with Gasteiger partial charge < -0.3 is 23.8 Å². The van der Waals surface area contributed by atoms with Crippen molar-refractivity contribution in [3.63, 3.8) is 0 Å². The summed E-state index contributed by atoms with van der Waals surface area (Å²) in [7, 11) is 0. The number of ether oxygens (including phenoxy) is 4. The van der Waals surface area contributed by atoms with Gasteiger partial charge in [0.25, 0.3) is 0 Å². The molecule has 0 aliphatic carbocycles. The zero-order valence-electron chi connectivity index (χ0n) is 37.1. The SMILES string of the molecule is C=C(C)C(=O)OCCCOc1c(C(C)(C)C)cc(N(CCCCC)c2cc(C(C)(C)C)c(OCCCOC(=O)C(C)C)c(C(C)(C)C)c2)cc1C(C)(C)C. The number of hydrogen-bond acceptors (Lipinski definition) is 7. The maximum Gasteiger partial charge on any atom is 0.333 e. The van der Waals surface area contributed by atoms with E-state index in [1.807, 2.05) is 13.8 Å². The van der Waals surface area contributed by atoms with Crippen LogP contribution in [0.2, 0.25) is 0 Å². The Labute approximate surface area is 329 Å². The Morgan fingerprint density at radius 3 is 1.30 bits per heavy atom. The predicted molar refractivity (Wildman–Crippen MR) is 226 cm³/mol. The van der Waals surface area contributed by atoms with Crippen LogP contribution in [-0.4, -0.2) is 44.9 Å². The van der Waals surface area contributed by atoms with Crippen molar-refractivity contribution in [3.8, 4) is 11.5 Å². The topological polar surface area (TPSA) is 74.3 Å². The average molecular weight is 750 g/mol. The molecule has 0 saturated heterocycles. The average Bonchev–Trinajstić information content (AvgIpc) is 3.04. The molecule has 0 spiro atoms. The van der Waals surface area contributed by atoms with Gasteiger partial charge in [0.15, 0.2) is 0 Å². The number of unbranched alkanes of at least 4 members (excludes halogenated alkanes) is 2. The van der Waals surface area contributed by atoms with Gasteiger partial charge in [0.1, 0.15) is 11.5 Å². The van der Waals surface area contributed by atoms with Gasteiger partial charge in [-0.15, -0.1) is 0 Å². The van der Waals surface area contributed by atoms with Crippen molar-refractivity contribution in [2.75, 3.05) is 37.9 Å². The van der Waals surface area contributed by atoms with Gasteiger partial charge in [-0.25, -0.2) is 4.79 Å². The van der Waals surface area contributed by atoms with Crippen LogP contribution in [-0.2, 0) is 40.7 Å². The molecule has 0 amide bonds. The lowest BCUT2D eigenvalue weighted by Crippen LogP contribution is -2.26. The van der Waals surface area contributed by atoms with Crippen molar-refractivity contribution < 1.29 is 28.5 Å². The van der Waals surface area contributed by atoms with Crippen molar-refractivity contribution in [2.45, 2.75) is 165 Å². The van der Waals surface area contributed by atoms with Crippen LogP contribution in [0, 0.1) is 5.92 Å². The van der Waals surface area contributed by atoms with Gasteiger partial charge in [-0.2, -0.15) is 0 Å². The number of esters is 2. The largest absolute Gasteiger partial charge is 0.493 e. The third kappa shape index (κ3) is 13.7. The molecule has 0 saturated carbocycles. The van der Waals surface area contributed by atoms with Crippen LogP contribution in [0.25, 0.3) is 0 Å². The van der Waals surface area contributed by atoms with Crippen molar-refractivity contribution in [2.24, 2.45) is 5.92 Å². The van der Waals surface area contributed by atoms with E-state index in [2.05, 4.69) is 126 Å². The number of rotatable bonds is 18. The highest BCUT2D eigenvalue weighted by molar-refractivity contribution is 5.86. The van der Waals surface area contributed by atoms with Crippen LogP contribution >= 0.6 is 0 Å². The lowest BCUT2D eigenvalue weighted by molar-refractivity contribution is -0.147. The minimum atomic E-state index is -0.374. The Kier molecular flexibility index (Phi) is 16.8. The quantitative estimate of drug-likeness (QED) is 0.0853. The summed E-state index contributed by atoms with van der Waals surface area (Å²) in [6.07, 6.45) is 4.52. The number of carbonyl (C=O) groups excluding carboxylic acids is 2. The molecule has 0 radical (unpaired) electrons. The van der Waals surface area contributed by atoms with Crippen LogP contribution < -0.4 is 14.4 Å². The fraction of sp³-hybridized carbons (Fsp3) is 0.660. The summed E-state index contributed by atoms with van der Waals surface area (Å²) in [5, 5.41) is 0. The molecule has 304 valence electrons. The first-order chi connectivity index (χ1) is 24.8. The minimum Gasteiger partial charge on any atom is -0.493 e. The highest BCUT2D eigenvalue weighted by atomic mass is 16.5. The number of anilines is 2. The second-order valence-corrected chi connectivity index (χ2v) is 19.2. The second-order valence-electron chi connectivity index (χ2n) is 19.2. The highest BCUT2D eigenvalue weighted by Gasteiger charge is 2.32. The summed E-state index contributed by atoms with van der Waals surface area (Å²) in [6.45, 7) is 40.6. The lowest BCUT2D eigenvalue weighted by Gasteiger charge is -2.36. The first-order valence-electron chi connectivity index (χ1n) is 20.2. The minimum absolute atomic E-state index is 0.147. The van der Waals surface area contributed by atoms with Gasteiger partial charge in [-0.1, -0.05) is 123 Å². The molecule has 0 unspecified atom stereocenters. The maximum atomic E-state index is 12.0. The second kappa shape index (κ2) is 19.4. The lowest BCUT2D eigenvalue weighted by atomic mass is 9.78. The van der Waals surface area contributed by atoms with Gasteiger partial charge in [-0.3, -0.25) is 4.79 Å². The summed E-state index contributed by atoms with van der Waals surface area (Å²) in [4.78, 5) is 26.5. The normalized spacial score (nSPS) is 12.5. The van der Waals surface area contributed by atoms with E-state index in [0.29, 0.717) is 38.2 Å². The van der Waals surface area contributed by atoms with Gasteiger partial charge >= 0.3 is 11.9 Å². The number of benzene rings is 2. The Morgan fingerprint density at radius 2 is 0.981 bits per heavy atom. The molecule has 0 fully saturated rings. The third-order valence-corrected chi connectivity index (χ3v) is 9.36. The summed E-state index contributed by atoms with van der Waals surface area (Å²) < 4.78 is 24.1. The van der Waals surface area contributed by atoms with Crippen LogP contribution in [0.15, 0.2) is 36.4 Å². The Hall–Kier alpha value is -3.48. The molecular weight excluding hydrogens is 675 g/mol. The first kappa shape index (κ1) is 46.7. The zero-order chi connectivity index (χ0) is 41.2. The van der Waals surface area contributed by atoms with Crippen molar-refractivity contribution in [3.05, 3.63) is 58.7 Å². The van der Waals surface area contributed by atoms with Crippen molar-refractivity contribution in [1.29, 1.82) is 0 Å². The predicted octanol–water partition coefficient (Wildman–Crippen LogP) is 12.1. The van der Waals surface area contributed by atoms with Crippen LogP contribution in [0.1, 0.15) is 165 Å². The molecular formula is C47H75NO6. The summed E-state index contributed by atoms with van der Waals surface area (Å²) >= 11 is 0. The summed E-state index contributed by atoms with van der Waals surface area (Å²) in [5.41, 5.74) is 6.48. The summed E-state index contributed by atoms with van der Waals surface area (Å²) in [5.74, 6) is 1.13. The molecule has 54 heavy (non-hydrogen) atoms. The molecule has 2 aromatic rings. The zero-order valence-corrected chi connectivity index (χ0v) is 37.1. The Bertz CT molecular complexity index is 1490. The van der Waals surface area contributed by atoms with Crippen LogP contribution in [0.5, 0.6) is 11.5 Å². The van der Waals surface area contributed by atoms with Gasteiger partial charge in [0, 0.05) is 58.6 Å². The monoisotopic (exact) mass is 750 g/mol. The number of carbonyl (C=O) groups is 2. The van der Waals surface area contributed by atoms with E-state index in [0.717, 1.165) is 70.9 Å². The van der Waals surface area contributed by atoms with Gasteiger partial charge in [-0.05, 0) is 59.3 Å². The molecule has 0 aromatic heterocycles. The molecule has 2 rings (SSSR count). The Balaban J connectivity index is 2.78. The molecule has 0 atom stereocenters. The molecule has 2 aromatic carbocycles. The molecule has 0 aliphatic rings. The number of nitrogens with zero attached hydrogens (tertiary/aromatic N) is 1. The van der Waals surface area contributed by atoms with E-state index in [1.165, 1.54) is 0 Å². The highest BCUT2D eigenvalue weighted by Crippen LogP contribution is 2.47. The number of hydrogen-bond donors (Lipinski definition) is 0. The van der Waals surface area contributed by atoms with E-state index in [9.17, 15) is 9.59 Å². The molecule has 7 heteroatoms. The van der Waals surface area contributed by atoms with Gasteiger partial charge in [0.05, 0.1) is 32.3 Å². The van der Waals surface area contributed by atoms with Gasteiger partial charge in [0.2, 0.25) is 0 Å². The van der Waals surface area contributed by atoms with Crippen LogP contribution in [0.3, 0.4) is 0 Å². The smallest absolute Gasteiger partial charge is 0.333 e. The van der Waals surface area contributed by atoms with E-state index < -0.39 is 0 Å². The molecule has 7 nitrogen and oxygen atoms in total. The molecule has 0 N–H and O–H groups in total. The molecule has 0 heterocycles. The first-order valence-corrected chi connectivity index (χ1v) is 20.2. The van der Waals surface area contributed by atoms with E-state index >= 15 is 0 Å². The fourth-order valence-electron chi connectivity index (χ4n) is 6.10. The third-order valence-electron chi connectivity index (χ3n) is 9.36. The summed E-state index contributed by atoms with van der Waals surface area (Å²) in [6, 6.07) is 9.32. The van der Waals surface area contributed by atoms with E-state index in [1.54, 1.807) is 6.92 Å². The van der Waals surface area contributed by atoms with Crippen molar-refractivity contribution in [1.82, 2.24) is 0 Å². The molecule has 0 aliphatic heterocycles. The standard InChI is InChI=1S/C47H75NO6/c1-18-19-20-23-48(34-28-36(44(6,7)8)40(37(29-34)45(9,10)11)51-24-21-26-53-42(49)32(2)3)35-30-38(46(12,13)14)41(39(31-35)47(15,16)17)52-25-22-27-54-43(50)33(4)5/h28-31,33H,2,18-27H2,1,3-17H3. The van der Waals surface area contributed by atoms with Crippen molar-refractivity contribution >= 4 is 23.3 Å². The fourth-order valence-corrected chi connectivity index (χ4v) is 6.10.